The van der Waals surface area contributed by atoms with Crippen molar-refractivity contribution in [2.24, 2.45) is 0 Å². The van der Waals surface area contributed by atoms with Crippen LogP contribution in [-0.2, 0) is 9.53 Å². The molecule has 1 aromatic heterocycles. The fraction of sp³-hybridized carbons (Fsp3) is 0.364. The molecule has 0 aliphatic heterocycles. The smallest absolute Gasteiger partial charge is 0.307 e. The number of hydrogen-bond donors (Lipinski definition) is 1. The van der Waals surface area contributed by atoms with Gasteiger partial charge in [-0.2, -0.15) is 0 Å². The molecule has 1 aromatic rings. The van der Waals surface area contributed by atoms with Crippen molar-refractivity contribution in [3.63, 3.8) is 0 Å². The van der Waals surface area contributed by atoms with Crippen molar-refractivity contribution >= 4 is 11.9 Å². The third-order valence-corrected chi connectivity index (χ3v) is 2.00. The Morgan fingerprint density at radius 3 is 2.88 bits per heavy atom. The van der Waals surface area contributed by atoms with Gasteiger partial charge in [-0.1, -0.05) is 0 Å². The summed E-state index contributed by atoms with van der Waals surface area (Å²) in [6, 6.07) is 3.08. The molecule has 0 saturated heterocycles. The predicted octanol–water partition coefficient (Wildman–Crippen LogP) is 0.763. The molecule has 0 radical (unpaired) electrons. The quantitative estimate of drug-likeness (QED) is 0.764. The molecule has 0 aliphatic rings. The number of amides is 1. The maximum atomic E-state index is 11.6. The topological polar surface area (TPSA) is 68.3 Å². The van der Waals surface area contributed by atoms with Gasteiger partial charge in [-0.25, -0.2) is 0 Å². The summed E-state index contributed by atoms with van der Waals surface area (Å²) >= 11 is 0. The largest absolute Gasteiger partial charge is 0.469 e. The van der Waals surface area contributed by atoms with E-state index < -0.39 is 0 Å². The van der Waals surface area contributed by atoms with E-state index >= 15 is 0 Å². The average Bonchev–Trinajstić information content (AvgIpc) is 2.29. The molecule has 0 fully saturated rings. The summed E-state index contributed by atoms with van der Waals surface area (Å²) < 4.78 is 4.51. The lowest BCUT2D eigenvalue weighted by molar-refractivity contribution is -0.141. The SMILES string of the molecule is COC(=O)CC(C)NC(=O)c1cccnc1. The number of hydrogen-bond acceptors (Lipinski definition) is 4. The van der Waals surface area contributed by atoms with Gasteiger partial charge in [0, 0.05) is 18.4 Å². The zero-order chi connectivity index (χ0) is 12.0. The molecule has 1 N–H and O–H groups in total. The van der Waals surface area contributed by atoms with Crippen LogP contribution in [0.4, 0.5) is 0 Å². The van der Waals surface area contributed by atoms with Crippen molar-refractivity contribution in [1.82, 2.24) is 10.3 Å². The highest BCUT2D eigenvalue weighted by molar-refractivity contribution is 5.94. The van der Waals surface area contributed by atoms with E-state index in [-0.39, 0.29) is 24.3 Å². The van der Waals surface area contributed by atoms with Crippen LogP contribution >= 0.6 is 0 Å². The molecule has 86 valence electrons. The minimum absolute atomic E-state index is 0.155. The van der Waals surface area contributed by atoms with Gasteiger partial charge in [-0.3, -0.25) is 14.6 Å². The third kappa shape index (κ3) is 3.68. The Balaban J connectivity index is 2.49. The van der Waals surface area contributed by atoms with Crippen molar-refractivity contribution in [3.05, 3.63) is 30.1 Å². The van der Waals surface area contributed by atoms with Gasteiger partial charge in [-0.05, 0) is 19.1 Å². The van der Waals surface area contributed by atoms with Crippen molar-refractivity contribution in [3.8, 4) is 0 Å². The van der Waals surface area contributed by atoms with Crippen LogP contribution in [0.5, 0.6) is 0 Å². The number of aromatic nitrogens is 1. The van der Waals surface area contributed by atoms with Crippen molar-refractivity contribution in [2.45, 2.75) is 19.4 Å². The van der Waals surface area contributed by atoms with Gasteiger partial charge in [0.1, 0.15) is 0 Å². The second-order valence-corrected chi connectivity index (χ2v) is 3.40. The van der Waals surface area contributed by atoms with Crippen LogP contribution in [0.1, 0.15) is 23.7 Å². The van der Waals surface area contributed by atoms with Crippen LogP contribution in [0, 0.1) is 0 Å². The van der Waals surface area contributed by atoms with E-state index in [1.54, 1.807) is 25.3 Å². The number of pyridine rings is 1. The van der Waals surface area contributed by atoms with Crippen molar-refractivity contribution in [1.29, 1.82) is 0 Å². The van der Waals surface area contributed by atoms with Gasteiger partial charge in [0.25, 0.3) is 5.91 Å². The fourth-order valence-corrected chi connectivity index (χ4v) is 1.19. The van der Waals surface area contributed by atoms with Crippen molar-refractivity contribution < 1.29 is 14.3 Å². The number of methoxy groups -OCH3 is 1. The molecule has 16 heavy (non-hydrogen) atoms. The first kappa shape index (κ1) is 12.2. The Bertz CT molecular complexity index is 365. The molecular formula is C11H14N2O3. The maximum Gasteiger partial charge on any atom is 0.307 e. The van der Waals surface area contributed by atoms with E-state index in [9.17, 15) is 9.59 Å². The summed E-state index contributed by atoms with van der Waals surface area (Å²) in [5, 5.41) is 2.68. The van der Waals surface area contributed by atoms with E-state index in [0.29, 0.717) is 5.56 Å². The Hall–Kier alpha value is -1.91. The Labute approximate surface area is 93.8 Å². The van der Waals surface area contributed by atoms with E-state index in [4.69, 9.17) is 0 Å². The molecule has 1 heterocycles. The van der Waals surface area contributed by atoms with Crippen LogP contribution in [0.25, 0.3) is 0 Å². The Morgan fingerprint density at radius 2 is 2.31 bits per heavy atom. The first-order valence-electron chi connectivity index (χ1n) is 4.91. The van der Waals surface area contributed by atoms with E-state index in [2.05, 4.69) is 15.0 Å². The summed E-state index contributed by atoms with van der Waals surface area (Å²) in [7, 11) is 1.32. The average molecular weight is 222 g/mol. The molecule has 1 rings (SSSR count). The predicted molar refractivity (Wildman–Crippen MR) is 57.8 cm³/mol. The van der Waals surface area contributed by atoms with Gasteiger partial charge in [0.15, 0.2) is 0 Å². The zero-order valence-corrected chi connectivity index (χ0v) is 9.27. The summed E-state index contributed by atoms with van der Waals surface area (Å²) in [6.45, 7) is 1.74. The molecule has 5 nitrogen and oxygen atoms in total. The van der Waals surface area contributed by atoms with Gasteiger partial charge in [0.2, 0.25) is 0 Å². The number of ether oxygens (including phenoxy) is 1. The molecule has 5 heteroatoms. The summed E-state index contributed by atoms with van der Waals surface area (Å²) in [5.41, 5.74) is 0.471. The molecular weight excluding hydrogens is 208 g/mol. The zero-order valence-electron chi connectivity index (χ0n) is 9.27. The summed E-state index contributed by atoms with van der Waals surface area (Å²) in [6.07, 6.45) is 3.22. The normalized spacial score (nSPS) is 11.6. The third-order valence-electron chi connectivity index (χ3n) is 2.00. The van der Waals surface area contributed by atoms with Gasteiger partial charge < -0.3 is 10.1 Å². The fourth-order valence-electron chi connectivity index (χ4n) is 1.19. The monoisotopic (exact) mass is 222 g/mol. The lowest BCUT2D eigenvalue weighted by atomic mass is 10.2. The van der Waals surface area contributed by atoms with E-state index in [1.807, 2.05) is 0 Å². The van der Waals surface area contributed by atoms with Crippen LogP contribution < -0.4 is 5.32 Å². The second-order valence-electron chi connectivity index (χ2n) is 3.40. The van der Waals surface area contributed by atoms with Gasteiger partial charge in [0.05, 0.1) is 19.1 Å². The first-order valence-corrected chi connectivity index (χ1v) is 4.91. The maximum absolute atomic E-state index is 11.6. The van der Waals surface area contributed by atoms with E-state index in [0.717, 1.165) is 0 Å². The van der Waals surface area contributed by atoms with Crippen LogP contribution in [-0.4, -0.2) is 30.0 Å². The van der Waals surface area contributed by atoms with Crippen LogP contribution in [0.15, 0.2) is 24.5 Å². The molecule has 0 bridgehead atoms. The standard InChI is InChI=1S/C11H14N2O3/c1-8(6-10(14)16-2)13-11(15)9-4-3-5-12-7-9/h3-5,7-8H,6H2,1-2H3,(H,13,15). The number of nitrogens with one attached hydrogen (secondary N) is 1. The molecule has 1 amide bonds. The molecule has 0 aromatic carbocycles. The molecule has 1 atom stereocenters. The Morgan fingerprint density at radius 1 is 1.56 bits per heavy atom. The summed E-state index contributed by atoms with van der Waals surface area (Å²) in [5.74, 6) is -0.594. The highest BCUT2D eigenvalue weighted by atomic mass is 16.5. The van der Waals surface area contributed by atoms with Crippen molar-refractivity contribution in [2.75, 3.05) is 7.11 Å². The highest BCUT2D eigenvalue weighted by Crippen LogP contribution is 1.99. The lowest BCUT2D eigenvalue weighted by Gasteiger charge is -2.12. The number of nitrogens with zero attached hydrogens (tertiary/aromatic N) is 1. The number of rotatable bonds is 4. The lowest BCUT2D eigenvalue weighted by Crippen LogP contribution is -2.34. The number of carbonyl (C=O) groups excluding carboxylic acids is 2. The van der Waals surface area contributed by atoms with Crippen LogP contribution in [0.3, 0.4) is 0 Å². The molecule has 1 unspecified atom stereocenters. The van der Waals surface area contributed by atoms with Gasteiger partial charge in [-0.15, -0.1) is 0 Å². The molecule has 0 aliphatic carbocycles. The molecule has 0 spiro atoms. The second kappa shape index (κ2) is 5.85. The highest BCUT2D eigenvalue weighted by Gasteiger charge is 2.13. The molecule has 0 saturated carbocycles. The van der Waals surface area contributed by atoms with Crippen LogP contribution in [0.2, 0.25) is 0 Å². The minimum Gasteiger partial charge on any atom is -0.469 e. The van der Waals surface area contributed by atoms with Gasteiger partial charge >= 0.3 is 5.97 Å². The Kier molecular flexibility index (Phi) is 4.44. The number of esters is 1. The first-order chi connectivity index (χ1) is 7.63. The number of carbonyl (C=O) groups is 2. The summed E-state index contributed by atoms with van der Waals surface area (Å²) in [4.78, 5) is 26.4. The van der Waals surface area contributed by atoms with E-state index in [1.165, 1.54) is 13.3 Å². The minimum atomic E-state index is -0.348.